The molecule has 1 rings (SSSR count). The Labute approximate surface area is 114 Å². The molecular formula is C11H15BrO4S. The Morgan fingerprint density at radius 1 is 1.24 bits per heavy atom. The summed E-state index contributed by atoms with van der Waals surface area (Å²) in [7, 11) is 3.04. The van der Waals surface area contributed by atoms with Gasteiger partial charge >= 0.3 is 0 Å². The minimum Gasteiger partial charge on any atom is -0.495 e. The van der Waals surface area contributed by atoms with Gasteiger partial charge in [-0.15, -0.1) is 0 Å². The number of aliphatic hydroxyl groups excluding tert-OH is 2. The number of hydrogen-bond donors (Lipinski definition) is 3. The summed E-state index contributed by atoms with van der Waals surface area (Å²) < 4.78 is 11.0. The molecule has 0 aliphatic carbocycles. The van der Waals surface area contributed by atoms with Gasteiger partial charge in [-0.1, -0.05) is 0 Å². The SMILES string of the molecule is COc1cc(C(O)C(O)CS)cc(OC)c1Br. The maximum Gasteiger partial charge on any atom is 0.137 e. The van der Waals surface area contributed by atoms with Gasteiger partial charge in [0.25, 0.3) is 0 Å². The Morgan fingerprint density at radius 3 is 2.06 bits per heavy atom. The van der Waals surface area contributed by atoms with Crippen molar-refractivity contribution in [3.63, 3.8) is 0 Å². The number of thiol groups is 1. The summed E-state index contributed by atoms with van der Waals surface area (Å²) in [4.78, 5) is 0. The molecule has 1 aromatic carbocycles. The van der Waals surface area contributed by atoms with Gasteiger partial charge in [-0.2, -0.15) is 12.6 Å². The van der Waals surface area contributed by atoms with Crippen LogP contribution in [0.5, 0.6) is 11.5 Å². The molecule has 0 amide bonds. The fourth-order valence-electron chi connectivity index (χ4n) is 1.38. The predicted molar refractivity (Wildman–Crippen MR) is 72.1 cm³/mol. The summed E-state index contributed by atoms with van der Waals surface area (Å²) in [6, 6.07) is 3.29. The third kappa shape index (κ3) is 3.28. The number of rotatable bonds is 5. The van der Waals surface area contributed by atoms with Crippen LogP contribution in [0.1, 0.15) is 11.7 Å². The van der Waals surface area contributed by atoms with Crippen molar-refractivity contribution in [1.29, 1.82) is 0 Å². The van der Waals surface area contributed by atoms with E-state index < -0.39 is 12.2 Å². The number of ether oxygens (including phenoxy) is 2. The van der Waals surface area contributed by atoms with Crippen molar-refractivity contribution in [2.75, 3.05) is 20.0 Å². The molecule has 96 valence electrons. The number of methoxy groups -OCH3 is 2. The summed E-state index contributed by atoms with van der Waals surface area (Å²) in [5.41, 5.74) is 0.517. The molecule has 0 radical (unpaired) electrons. The normalized spacial score (nSPS) is 14.2. The second-order valence-corrected chi connectivity index (χ2v) is 4.59. The maximum absolute atomic E-state index is 9.89. The highest BCUT2D eigenvalue weighted by atomic mass is 79.9. The van der Waals surface area contributed by atoms with Crippen molar-refractivity contribution in [3.8, 4) is 11.5 Å². The zero-order valence-corrected chi connectivity index (χ0v) is 12.0. The molecule has 0 fully saturated rings. The van der Waals surface area contributed by atoms with E-state index in [4.69, 9.17) is 9.47 Å². The monoisotopic (exact) mass is 322 g/mol. The van der Waals surface area contributed by atoms with E-state index in [0.717, 1.165) is 0 Å². The summed E-state index contributed by atoms with van der Waals surface area (Å²) in [5.74, 6) is 1.23. The molecule has 0 aliphatic rings. The highest BCUT2D eigenvalue weighted by Crippen LogP contribution is 2.37. The molecular weight excluding hydrogens is 308 g/mol. The van der Waals surface area contributed by atoms with Crippen LogP contribution < -0.4 is 9.47 Å². The Morgan fingerprint density at radius 2 is 1.71 bits per heavy atom. The first-order valence-corrected chi connectivity index (χ1v) is 6.36. The number of halogens is 1. The van der Waals surface area contributed by atoms with E-state index in [1.165, 1.54) is 14.2 Å². The molecule has 0 spiro atoms. The summed E-state index contributed by atoms with van der Waals surface area (Å²) >= 11 is 7.27. The molecule has 2 atom stereocenters. The molecule has 2 unspecified atom stereocenters. The molecule has 17 heavy (non-hydrogen) atoms. The van der Waals surface area contributed by atoms with Gasteiger partial charge in [0.1, 0.15) is 22.1 Å². The standard InChI is InChI=1S/C11H15BrO4S/c1-15-8-3-6(11(14)7(13)5-17)4-9(16-2)10(8)12/h3-4,7,11,13-14,17H,5H2,1-2H3. The molecule has 2 N–H and O–H groups in total. The van der Waals surface area contributed by atoms with Gasteiger partial charge in [0.05, 0.1) is 20.3 Å². The maximum atomic E-state index is 9.89. The Hall–Kier alpha value is -0.430. The van der Waals surface area contributed by atoms with Crippen LogP contribution in [0.2, 0.25) is 0 Å². The molecule has 0 saturated heterocycles. The van der Waals surface area contributed by atoms with E-state index in [2.05, 4.69) is 28.6 Å². The molecule has 1 aromatic rings. The number of hydrogen-bond acceptors (Lipinski definition) is 5. The van der Waals surface area contributed by atoms with Crippen LogP contribution in [0.4, 0.5) is 0 Å². The summed E-state index contributed by atoms with van der Waals surface area (Å²) in [5, 5.41) is 19.5. The third-order valence-electron chi connectivity index (χ3n) is 2.36. The first-order chi connectivity index (χ1) is 8.04. The van der Waals surface area contributed by atoms with Crippen LogP contribution in [0.25, 0.3) is 0 Å². The number of aliphatic hydroxyl groups is 2. The van der Waals surface area contributed by atoms with Gasteiger partial charge in [-0.25, -0.2) is 0 Å². The predicted octanol–water partition coefficient (Wildman–Crippen LogP) is 1.79. The summed E-state index contributed by atoms with van der Waals surface area (Å²) in [6.07, 6.45) is -1.96. The minimum atomic E-state index is -1.02. The first-order valence-electron chi connectivity index (χ1n) is 4.93. The second-order valence-electron chi connectivity index (χ2n) is 3.43. The molecule has 4 nitrogen and oxygen atoms in total. The Kier molecular flexibility index (Phi) is 5.58. The molecule has 0 bridgehead atoms. The Bertz CT molecular complexity index is 361. The lowest BCUT2D eigenvalue weighted by Crippen LogP contribution is -2.19. The second kappa shape index (κ2) is 6.49. The smallest absolute Gasteiger partial charge is 0.137 e. The van der Waals surface area contributed by atoms with E-state index in [1.807, 2.05) is 0 Å². The fraction of sp³-hybridized carbons (Fsp3) is 0.455. The van der Waals surface area contributed by atoms with E-state index >= 15 is 0 Å². The van der Waals surface area contributed by atoms with Crippen molar-refractivity contribution < 1.29 is 19.7 Å². The highest BCUT2D eigenvalue weighted by Gasteiger charge is 2.20. The third-order valence-corrected chi connectivity index (χ3v) is 3.52. The average molecular weight is 323 g/mol. The van der Waals surface area contributed by atoms with E-state index in [1.54, 1.807) is 12.1 Å². The average Bonchev–Trinajstić information content (AvgIpc) is 2.37. The topological polar surface area (TPSA) is 58.9 Å². The molecule has 6 heteroatoms. The van der Waals surface area contributed by atoms with Crippen LogP contribution in [0.15, 0.2) is 16.6 Å². The molecule has 0 saturated carbocycles. The van der Waals surface area contributed by atoms with Crippen LogP contribution >= 0.6 is 28.6 Å². The lowest BCUT2D eigenvalue weighted by molar-refractivity contribution is 0.0335. The van der Waals surface area contributed by atoms with Crippen molar-refractivity contribution >= 4 is 28.6 Å². The van der Waals surface area contributed by atoms with E-state index in [0.29, 0.717) is 21.5 Å². The lowest BCUT2D eigenvalue weighted by atomic mass is 10.0. The van der Waals surface area contributed by atoms with Gasteiger partial charge in [0.2, 0.25) is 0 Å². The van der Waals surface area contributed by atoms with E-state index in [-0.39, 0.29) is 5.75 Å². The minimum absolute atomic E-state index is 0.169. The first kappa shape index (κ1) is 14.6. The molecule has 0 aliphatic heterocycles. The van der Waals surface area contributed by atoms with Crippen molar-refractivity contribution in [1.82, 2.24) is 0 Å². The van der Waals surface area contributed by atoms with Crippen LogP contribution in [-0.2, 0) is 0 Å². The molecule has 0 aromatic heterocycles. The van der Waals surface area contributed by atoms with Crippen LogP contribution in [0.3, 0.4) is 0 Å². The van der Waals surface area contributed by atoms with Gasteiger partial charge in [-0.3, -0.25) is 0 Å². The lowest BCUT2D eigenvalue weighted by Gasteiger charge is -2.18. The zero-order chi connectivity index (χ0) is 13.0. The van der Waals surface area contributed by atoms with Crippen molar-refractivity contribution in [2.45, 2.75) is 12.2 Å². The van der Waals surface area contributed by atoms with Crippen LogP contribution in [0, 0.1) is 0 Å². The molecule has 0 heterocycles. The van der Waals surface area contributed by atoms with E-state index in [9.17, 15) is 10.2 Å². The summed E-state index contributed by atoms with van der Waals surface area (Å²) in [6.45, 7) is 0. The van der Waals surface area contributed by atoms with Gasteiger partial charge in [0.15, 0.2) is 0 Å². The van der Waals surface area contributed by atoms with Gasteiger partial charge in [-0.05, 0) is 33.6 Å². The van der Waals surface area contributed by atoms with Crippen molar-refractivity contribution in [2.24, 2.45) is 0 Å². The van der Waals surface area contributed by atoms with Crippen LogP contribution in [-0.4, -0.2) is 36.3 Å². The largest absolute Gasteiger partial charge is 0.495 e. The Balaban J connectivity index is 3.17. The number of benzene rings is 1. The highest BCUT2D eigenvalue weighted by molar-refractivity contribution is 9.10. The fourth-order valence-corrected chi connectivity index (χ4v) is 2.13. The van der Waals surface area contributed by atoms with Gasteiger partial charge in [0, 0.05) is 5.75 Å². The zero-order valence-electron chi connectivity index (χ0n) is 9.55. The van der Waals surface area contributed by atoms with Crippen molar-refractivity contribution in [3.05, 3.63) is 22.2 Å². The quantitative estimate of drug-likeness (QED) is 0.723. The van der Waals surface area contributed by atoms with Gasteiger partial charge < -0.3 is 19.7 Å².